The Labute approximate surface area is 107 Å². The molecule has 0 atom stereocenters. The molecule has 1 heterocycles. The van der Waals surface area contributed by atoms with Crippen molar-refractivity contribution in [3.05, 3.63) is 40.6 Å². The molecule has 3 nitrogen and oxygen atoms in total. The molecule has 0 bridgehead atoms. The van der Waals surface area contributed by atoms with Crippen LogP contribution < -0.4 is 0 Å². The van der Waals surface area contributed by atoms with E-state index in [4.69, 9.17) is 4.74 Å². The first-order valence-corrected chi connectivity index (χ1v) is 5.96. The monoisotopic (exact) mass is 243 g/mol. The number of esters is 1. The molecular formula is C15H17NO2. The fraction of sp³-hybridized carbons (Fsp3) is 0.333. The number of fused-ring (bicyclic) bond motifs is 1. The largest absolute Gasteiger partial charge is 0.469 e. The molecule has 0 aliphatic rings. The van der Waals surface area contributed by atoms with Crippen LogP contribution in [0.5, 0.6) is 0 Å². The average Bonchev–Trinajstić information content (AvgIpc) is 2.33. The van der Waals surface area contributed by atoms with E-state index in [-0.39, 0.29) is 5.97 Å². The predicted octanol–water partition coefficient (Wildman–Crippen LogP) is 2.88. The van der Waals surface area contributed by atoms with Crippen LogP contribution in [-0.4, -0.2) is 18.1 Å². The van der Waals surface area contributed by atoms with Gasteiger partial charge in [0.1, 0.15) is 0 Å². The molecule has 0 unspecified atom stereocenters. The highest BCUT2D eigenvalue weighted by molar-refractivity contribution is 5.91. The summed E-state index contributed by atoms with van der Waals surface area (Å²) < 4.78 is 4.75. The smallest absolute Gasteiger partial charge is 0.310 e. The lowest BCUT2D eigenvalue weighted by Gasteiger charge is -2.11. The minimum Gasteiger partial charge on any atom is -0.469 e. The maximum absolute atomic E-state index is 11.5. The Morgan fingerprint density at radius 3 is 2.56 bits per heavy atom. The highest BCUT2D eigenvalue weighted by Gasteiger charge is 2.12. The van der Waals surface area contributed by atoms with Crippen LogP contribution in [0.4, 0.5) is 0 Å². The Balaban J connectivity index is 2.71. The number of aryl methyl sites for hydroxylation is 3. The lowest BCUT2D eigenvalue weighted by molar-refractivity contribution is -0.139. The summed E-state index contributed by atoms with van der Waals surface area (Å²) in [4.78, 5) is 16.1. The van der Waals surface area contributed by atoms with Crippen LogP contribution in [0, 0.1) is 20.8 Å². The molecule has 1 aromatic carbocycles. The summed E-state index contributed by atoms with van der Waals surface area (Å²) in [5, 5.41) is 1.08. The minimum absolute atomic E-state index is 0.220. The topological polar surface area (TPSA) is 39.2 Å². The molecule has 0 spiro atoms. The van der Waals surface area contributed by atoms with Gasteiger partial charge in [-0.3, -0.25) is 9.78 Å². The van der Waals surface area contributed by atoms with Gasteiger partial charge in [-0.05, 0) is 43.5 Å². The van der Waals surface area contributed by atoms with E-state index >= 15 is 0 Å². The number of carbonyl (C=O) groups is 1. The maximum atomic E-state index is 11.5. The standard InChI is InChI=1S/C15H17NO2/c1-9-5-6-10(2)15-14(9)12(7-11(3)16-15)8-13(17)18-4/h5-7H,8H2,1-4H3. The van der Waals surface area contributed by atoms with Gasteiger partial charge in [0.05, 0.1) is 19.0 Å². The molecule has 2 aromatic rings. The molecule has 0 saturated heterocycles. The zero-order chi connectivity index (χ0) is 13.3. The molecule has 0 radical (unpaired) electrons. The van der Waals surface area contributed by atoms with Crippen molar-refractivity contribution >= 4 is 16.9 Å². The Morgan fingerprint density at radius 2 is 1.89 bits per heavy atom. The van der Waals surface area contributed by atoms with Crippen LogP contribution >= 0.6 is 0 Å². The normalized spacial score (nSPS) is 10.7. The first-order valence-electron chi connectivity index (χ1n) is 5.96. The summed E-state index contributed by atoms with van der Waals surface area (Å²) in [7, 11) is 1.41. The Morgan fingerprint density at radius 1 is 1.22 bits per heavy atom. The highest BCUT2D eigenvalue weighted by Crippen LogP contribution is 2.25. The van der Waals surface area contributed by atoms with Gasteiger partial charge in [0.25, 0.3) is 0 Å². The van der Waals surface area contributed by atoms with Crippen LogP contribution in [0.1, 0.15) is 22.4 Å². The van der Waals surface area contributed by atoms with Crippen molar-refractivity contribution in [1.82, 2.24) is 4.98 Å². The van der Waals surface area contributed by atoms with Crippen molar-refractivity contribution in [2.24, 2.45) is 0 Å². The van der Waals surface area contributed by atoms with Crippen molar-refractivity contribution in [1.29, 1.82) is 0 Å². The second-order valence-corrected chi connectivity index (χ2v) is 4.60. The van der Waals surface area contributed by atoms with Gasteiger partial charge in [-0.1, -0.05) is 12.1 Å². The summed E-state index contributed by atoms with van der Waals surface area (Å²) in [6.07, 6.45) is 0.292. The van der Waals surface area contributed by atoms with Crippen molar-refractivity contribution in [2.45, 2.75) is 27.2 Å². The van der Waals surface area contributed by atoms with E-state index in [0.29, 0.717) is 6.42 Å². The number of carbonyl (C=O) groups excluding carboxylic acids is 1. The van der Waals surface area contributed by atoms with Crippen LogP contribution in [-0.2, 0) is 16.0 Å². The Hall–Kier alpha value is -1.90. The summed E-state index contributed by atoms with van der Waals surface area (Å²) in [6, 6.07) is 6.09. The molecular weight excluding hydrogens is 226 g/mol. The summed E-state index contributed by atoms with van der Waals surface area (Å²) >= 11 is 0. The van der Waals surface area contributed by atoms with Gasteiger partial charge in [0.15, 0.2) is 0 Å². The number of aromatic nitrogens is 1. The molecule has 0 fully saturated rings. The minimum atomic E-state index is -0.220. The van der Waals surface area contributed by atoms with Crippen molar-refractivity contribution < 1.29 is 9.53 Å². The van der Waals surface area contributed by atoms with E-state index in [2.05, 4.69) is 17.1 Å². The second kappa shape index (κ2) is 4.77. The Kier molecular flexibility index (Phi) is 3.32. The quantitative estimate of drug-likeness (QED) is 0.761. The van der Waals surface area contributed by atoms with Crippen LogP contribution in [0.15, 0.2) is 18.2 Å². The number of methoxy groups -OCH3 is 1. The van der Waals surface area contributed by atoms with E-state index in [0.717, 1.165) is 33.3 Å². The average molecular weight is 243 g/mol. The van der Waals surface area contributed by atoms with E-state index in [1.807, 2.05) is 26.8 Å². The molecule has 94 valence electrons. The van der Waals surface area contributed by atoms with Gasteiger partial charge in [0, 0.05) is 11.1 Å². The highest BCUT2D eigenvalue weighted by atomic mass is 16.5. The molecule has 1 aromatic heterocycles. The SMILES string of the molecule is COC(=O)Cc1cc(C)nc2c(C)ccc(C)c12. The lowest BCUT2D eigenvalue weighted by Crippen LogP contribution is -2.06. The van der Waals surface area contributed by atoms with Gasteiger partial charge in [-0.25, -0.2) is 0 Å². The fourth-order valence-electron chi connectivity index (χ4n) is 2.25. The number of hydrogen-bond acceptors (Lipinski definition) is 3. The summed E-state index contributed by atoms with van der Waals surface area (Å²) in [5.41, 5.74) is 5.17. The van der Waals surface area contributed by atoms with Crippen molar-refractivity contribution in [3.8, 4) is 0 Å². The van der Waals surface area contributed by atoms with Crippen molar-refractivity contribution in [3.63, 3.8) is 0 Å². The van der Waals surface area contributed by atoms with E-state index < -0.39 is 0 Å². The molecule has 0 aliphatic heterocycles. The molecule has 0 amide bonds. The summed E-state index contributed by atoms with van der Waals surface area (Å²) in [6.45, 7) is 6.03. The van der Waals surface area contributed by atoms with Crippen LogP contribution in [0.25, 0.3) is 10.9 Å². The molecule has 3 heteroatoms. The molecule has 0 saturated carbocycles. The van der Waals surface area contributed by atoms with E-state index in [1.54, 1.807) is 0 Å². The third-order valence-corrected chi connectivity index (χ3v) is 3.14. The molecule has 0 N–H and O–H groups in total. The first kappa shape index (κ1) is 12.6. The number of rotatable bonds is 2. The second-order valence-electron chi connectivity index (χ2n) is 4.60. The first-order chi connectivity index (χ1) is 8.52. The zero-order valence-electron chi connectivity index (χ0n) is 11.2. The zero-order valence-corrected chi connectivity index (χ0v) is 11.2. The molecule has 2 rings (SSSR count). The predicted molar refractivity (Wildman–Crippen MR) is 71.7 cm³/mol. The molecule has 0 aliphatic carbocycles. The third kappa shape index (κ3) is 2.21. The Bertz CT molecular complexity index is 617. The van der Waals surface area contributed by atoms with E-state index in [1.165, 1.54) is 7.11 Å². The fourth-order valence-corrected chi connectivity index (χ4v) is 2.25. The van der Waals surface area contributed by atoms with Crippen LogP contribution in [0.2, 0.25) is 0 Å². The number of nitrogens with zero attached hydrogens (tertiary/aromatic N) is 1. The number of benzene rings is 1. The maximum Gasteiger partial charge on any atom is 0.310 e. The number of ether oxygens (including phenoxy) is 1. The summed E-state index contributed by atoms with van der Waals surface area (Å²) in [5.74, 6) is -0.220. The molecule has 18 heavy (non-hydrogen) atoms. The van der Waals surface area contributed by atoms with E-state index in [9.17, 15) is 4.79 Å². The van der Waals surface area contributed by atoms with Gasteiger partial charge in [0.2, 0.25) is 0 Å². The van der Waals surface area contributed by atoms with Gasteiger partial charge in [-0.15, -0.1) is 0 Å². The third-order valence-electron chi connectivity index (χ3n) is 3.14. The van der Waals surface area contributed by atoms with Gasteiger partial charge >= 0.3 is 5.97 Å². The van der Waals surface area contributed by atoms with Gasteiger partial charge < -0.3 is 4.74 Å². The van der Waals surface area contributed by atoms with Crippen LogP contribution in [0.3, 0.4) is 0 Å². The van der Waals surface area contributed by atoms with Gasteiger partial charge in [-0.2, -0.15) is 0 Å². The number of hydrogen-bond donors (Lipinski definition) is 0. The lowest BCUT2D eigenvalue weighted by atomic mass is 9.98. The van der Waals surface area contributed by atoms with Crippen molar-refractivity contribution in [2.75, 3.05) is 7.11 Å². The number of pyridine rings is 1.